The van der Waals surface area contributed by atoms with Gasteiger partial charge in [-0.2, -0.15) is 5.10 Å². The van der Waals surface area contributed by atoms with E-state index in [4.69, 9.17) is 11.6 Å². The molecule has 0 amide bonds. The predicted octanol–water partition coefficient (Wildman–Crippen LogP) is 2.56. The van der Waals surface area contributed by atoms with Crippen molar-refractivity contribution in [2.24, 2.45) is 0 Å². The van der Waals surface area contributed by atoms with Crippen LogP contribution in [0.25, 0.3) is 5.69 Å². The molecule has 0 fully saturated rings. The Labute approximate surface area is 107 Å². The molecule has 0 saturated carbocycles. The molecule has 0 saturated heterocycles. The quantitative estimate of drug-likeness (QED) is 0.786. The summed E-state index contributed by atoms with van der Waals surface area (Å²) in [5, 5.41) is 4.01. The largest absolute Gasteiger partial charge is 0.288 e. The molecule has 1 heterocycles. The maximum absolute atomic E-state index is 13.2. The van der Waals surface area contributed by atoms with E-state index in [2.05, 4.69) is 5.10 Å². The van der Waals surface area contributed by atoms with Gasteiger partial charge in [0.05, 0.1) is 11.6 Å². The number of hydrogen-bond acceptors (Lipinski definition) is 2. The zero-order valence-electron chi connectivity index (χ0n) is 9.45. The number of benzene rings is 1. The number of hydrogen-bond donors (Lipinski definition) is 0. The third kappa shape index (κ3) is 2.26. The second-order valence-corrected chi connectivity index (χ2v) is 4.01. The summed E-state index contributed by atoms with van der Waals surface area (Å²) in [5.41, 5.74) is 0.728. The summed E-state index contributed by atoms with van der Waals surface area (Å²) < 4.78 is 27.4. The summed E-state index contributed by atoms with van der Waals surface area (Å²) >= 11 is 5.59. The molecule has 0 N–H and O–H groups in total. The minimum atomic E-state index is -0.972. The highest BCUT2D eigenvalue weighted by atomic mass is 35.5. The van der Waals surface area contributed by atoms with Crippen LogP contribution >= 0.6 is 11.6 Å². The van der Waals surface area contributed by atoms with E-state index in [1.165, 1.54) is 16.8 Å². The second-order valence-electron chi connectivity index (χ2n) is 3.74. The zero-order chi connectivity index (χ0) is 13.3. The molecule has 2 aromatic rings. The third-order valence-electron chi connectivity index (χ3n) is 2.45. The average molecular weight is 271 g/mol. The van der Waals surface area contributed by atoms with Crippen LogP contribution in [0.1, 0.15) is 11.4 Å². The molecule has 0 aliphatic heterocycles. The molecule has 3 nitrogen and oxygen atoms in total. The van der Waals surface area contributed by atoms with E-state index in [1.807, 2.05) is 0 Å². The van der Waals surface area contributed by atoms with Gasteiger partial charge in [0.25, 0.3) is 0 Å². The van der Waals surface area contributed by atoms with Gasteiger partial charge in [-0.05, 0) is 19.1 Å². The number of aryl methyl sites for hydroxylation is 1. The van der Waals surface area contributed by atoms with Crippen molar-refractivity contribution in [1.82, 2.24) is 9.78 Å². The number of halogens is 3. The number of rotatable bonds is 2. The molecule has 0 aliphatic carbocycles. The molecule has 1 aromatic heterocycles. The molecule has 94 valence electrons. The Kier molecular flexibility index (Phi) is 3.43. The molecular weight excluding hydrogens is 262 g/mol. The molecule has 0 unspecified atom stereocenters. The van der Waals surface area contributed by atoms with Crippen LogP contribution in [-0.2, 0) is 5.88 Å². The van der Waals surface area contributed by atoms with Crippen molar-refractivity contribution in [2.45, 2.75) is 12.8 Å². The summed E-state index contributed by atoms with van der Waals surface area (Å²) in [6, 6.07) is 4.74. The molecular formula is C12H9ClF2N2O. The van der Waals surface area contributed by atoms with Gasteiger partial charge in [0.2, 0.25) is 5.43 Å². The zero-order valence-corrected chi connectivity index (χ0v) is 10.2. The molecule has 0 spiro atoms. The summed E-state index contributed by atoms with van der Waals surface area (Å²) in [5.74, 6) is -1.95. The lowest BCUT2D eigenvalue weighted by Crippen LogP contribution is -2.17. The van der Waals surface area contributed by atoms with Crippen molar-refractivity contribution < 1.29 is 8.78 Å². The van der Waals surface area contributed by atoms with E-state index in [-0.39, 0.29) is 17.0 Å². The minimum absolute atomic E-state index is 0.0389. The molecule has 18 heavy (non-hydrogen) atoms. The molecule has 6 heteroatoms. The molecule has 0 bridgehead atoms. The van der Waals surface area contributed by atoms with Gasteiger partial charge in [0.1, 0.15) is 5.69 Å². The Bertz CT molecular complexity index is 655. The average Bonchev–Trinajstić information content (AvgIpc) is 2.33. The molecule has 0 radical (unpaired) electrons. The van der Waals surface area contributed by atoms with Crippen LogP contribution < -0.4 is 5.43 Å². The molecule has 1 aromatic carbocycles. The fourth-order valence-corrected chi connectivity index (χ4v) is 1.74. The fourth-order valence-electron chi connectivity index (χ4n) is 1.55. The first-order valence-corrected chi connectivity index (χ1v) is 5.67. The first-order chi connectivity index (χ1) is 8.52. The predicted molar refractivity (Wildman–Crippen MR) is 64.0 cm³/mol. The van der Waals surface area contributed by atoms with Crippen molar-refractivity contribution in [1.29, 1.82) is 0 Å². The molecule has 2 rings (SSSR count). The Morgan fingerprint density at radius 2 is 2.00 bits per heavy atom. The van der Waals surface area contributed by atoms with Gasteiger partial charge in [-0.15, -0.1) is 11.6 Å². The summed E-state index contributed by atoms with van der Waals surface area (Å²) in [7, 11) is 0. The van der Waals surface area contributed by atoms with Crippen LogP contribution in [0.15, 0.2) is 29.1 Å². The van der Waals surface area contributed by atoms with Crippen molar-refractivity contribution in [3.8, 4) is 5.69 Å². The van der Waals surface area contributed by atoms with Crippen LogP contribution in [0.3, 0.4) is 0 Å². The maximum Gasteiger partial charge on any atom is 0.204 e. The van der Waals surface area contributed by atoms with Gasteiger partial charge in [-0.25, -0.2) is 13.5 Å². The van der Waals surface area contributed by atoms with Crippen LogP contribution in [-0.4, -0.2) is 9.78 Å². The number of aromatic nitrogens is 2. The van der Waals surface area contributed by atoms with E-state index in [1.54, 1.807) is 6.92 Å². The SMILES string of the molecule is Cc1cc(=O)c(CCl)nn1-c1ccc(F)c(F)c1. The Hall–Kier alpha value is -1.75. The van der Waals surface area contributed by atoms with Crippen molar-refractivity contribution in [2.75, 3.05) is 0 Å². The normalized spacial score (nSPS) is 10.7. The topological polar surface area (TPSA) is 34.9 Å². The van der Waals surface area contributed by atoms with Crippen LogP contribution in [0.4, 0.5) is 8.78 Å². The van der Waals surface area contributed by atoms with Gasteiger partial charge in [-0.3, -0.25) is 4.79 Å². The van der Waals surface area contributed by atoms with Gasteiger partial charge in [0, 0.05) is 17.8 Å². The van der Waals surface area contributed by atoms with E-state index in [0.29, 0.717) is 11.4 Å². The second kappa shape index (κ2) is 4.86. The lowest BCUT2D eigenvalue weighted by Gasteiger charge is -2.10. The van der Waals surface area contributed by atoms with E-state index >= 15 is 0 Å². The highest BCUT2D eigenvalue weighted by molar-refractivity contribution is 6.16. The van der Waals surface area contributed by atoms with Gasteiger partial charge in [-0.1, -0.05) is 0 Å². The summed E-state index contributed by atoms with van der Waals surface area (Å²) in [4.78, 5) is 11.5. The monoisotopic (exact) mass is 270 g/mol. The maximum atomic E-state index is 13.2. The lowest BCUT2D eigenvalue weighted by molar-refractivity contribution is 0.507. The van der Waals surface area contributed by atoms with Crippen LogP contribution in [0.2, 0.25) is 0 Å². The highest BCUT2D eigenvalue weighted by Gasteiger charge is 2.09. The molecule has 0 aliphatic rings. The van der Waals surface area contributed by atoms with Gasteiger partial charge < -0.3 is 0 Å². The number of nitrogens with zero attached hydrogens (tertiary/aromatic N) is 2. The van der Waals surface area contributed by atoms with Crippen LogP contribution in [0, 0.1) is 18.6 Å². The Morgan fingerprint density at radius 1 is 1.28 bits per heavy atom. The standard InChI is InChI=1S/C12H9ClF2N2O/c1-7-4-12(18)11(6-13)16-17(7)8-2-3-9(14)10(15)5-8/h2-5H,6H2,1H3. The highest BCUT2D eigenvalue weighted by Crippen LogP contribution is 2.13. The van der Waals surface area contributed by atoms with E-state index in [9.17, 15) is 13.6 Å². The van der Waals surface area contributed by atoms with Crippen molar-refractivity contribution in [3.05, 3.63) is 57.5 Å². The number of alkyl halides is 1. The van der Waals surface area contributed by atoms with Gasteiger partial charge in [0.15, 0.2) is 11.6 Å². The van der Waals surface area contributed by atoms with E-state index < -0.39 is 11.6 Å². The summed E-state index contributed by atoms with van der Waals surface area (Å²) in [6.07, 6.45) is 0. The fraction of sp³-hybridized carbons (Fsp3) is 0.167. The lowest BCUT2D eigenvalue weighted by atomic mass is 10.2. The van der Waals surface area contributed by atoms with E-state index in [0.717, 1.165) is 12.1 Å². The Balaban J connectivity index is 2.63. The first-order valence-electron chi connectivity index (χ1n) is 5.14. The first kappa shape index (κ1) is 12.7. The van der Waals surface area contributed by atoms with Gasteiger partial charge >= 0.3 is 0 Å². The van der Waals surface area contributed by atoms with Crippen molar-refractivity contribution >= 4 is 11.6 Å². The Morgan fingerprint density at radius 3 is 2.61 bits per heavy atom. The smallest absolute Gasteiger partial charge is 0.204 e. The summed E-state index contributed by atoms with van der Waals surface area (Å²) in [6.45, 7) is 1.65. The van der Waals surface area contributed by atoms with Crippen LogP contribution in [0.5, 0.6) is 0 Å². The minimum Gasteiger partial charge on any atom is -0.288 e. The molecule has 0 atom stereocenters. The third-order valence-corrected chi connectivity index (χ3v) is 2.71. The van der Waals surface area contributed by atoms with Crippen molar-refractivity contribution in [3.63, 3.8) is 0 Å².